The molecule has 0 amide bonds. The van der Waals surface area contributed by atoms with Crippen molar-refractivity contribution in [2.24, 2.45) is 0 Å². The highest BCUT2D eigenvalue weighted by Gasteiger charge is 2.21. The van der Waals surface area contributed by atoms with E-state index in [4.69, 9.17) is 25.5 Å². The summed E-state index contributed by atoms with van der Waals surface area (Å²) in [6, 6.07) is 9.21. The molecule has 0 atom stereocenters. The highest BCUT2D eigenvalue weighted by molar-refractivity contribution is 6.32. The Labute approximate surface area is 132 Å². The van der Waals surface area contributed by atoms with Crippen LogP contribution in [0.2, 0.25) is 5.02 Å². The van der Waals surface area contributed by atoms with Gasteiger partial charge in [-0.15, -0.1) is 0 Å². The number of hydrogen-bond donors (Lipinski definition) is 0. The fraction of sp³-hybridized carbons (Fsp3) is 0.333. The molecule has 0 spiro atoms. The van der Waals surface area contributed by atoms with Crippen molar-refractivity contribution in [1.82, 2.24) is 4.98 Å². The summed E-state index contributed by atoms with van der Waals surface area (Å²) in [7, 11) is 0. The van der Waals surface area contributed by atoms with E-state index in [0.717, 1.165) is 0 Å². The van der Waals surface area contributed by atoms with E-state index in [1.165, 1.54) is 0 Å². The first-order valence-electron chi connectivity index (χ1n) is 6.88. The maximum absolute atomic E-state index is 9.20. The first-order chi connectivity index (χ1) is 10.8. The van der Waals surface area contributed by atoms with Gasteiger partial charge in [0.05, 0.1) is 18.2 Å². The van der Waals surface area contributed by atoms with Gasteiger partial charge in [0.2, 0.25) is 17.5 Å². The van der Waals surface area contributed by atoms with Gasteiger partial charge in [0, 0.05) is 13.1 Å². The topological polar surface area (TPSA) is 71.5 Å². The van der Waals surface area contributed by atoms with Gasteiger partial charge in [0.1, 0.15) is 11.8 Å². The highest BCUT2D eigenvalue weighted by atomic mass is 35.5. The fourth-order valence-corrected chi connectivity index (χ4v) is 2.36. The molecule has 1 fully saturated rings. The van der Waals surface area contributed by atoms with Crippen molar-refractivity contribution >= 4 is 17.5 Å². The van der Waals surface area contributed by atoms with Crippen LogP contribution >= 0.6 is 11.6 Å². The molecular formula is C15H14ClN3O3. The molecule has 6 nitrogen and oxygen atoms in total. The molecule has 1 saturated heterocycles. The SMILES string of the molecule is N#Cc1nc(COc2ccccc2Cl)oc1N1CCOCC1. The van der Waals surface area contributed by atoms with Crippen LogP contribution in [0.15, 0.2) is 28.7 Å². The lowest BCUT2D eigenvalue weighted by molar-refractivity contribution is 0.120. The maximum Gasteiger partial charge on any atom is 0.236 e. The second-order valence-corrected chi connectivity index (χ2v) is 5.10. The number of aromatic nitrogens is 1. The number of nitrogens with zero attached hydrogens (tertiary/aromatic N) is 3. The van der Waals surface area contributed by atoms with Crippen LogP contribution in [0.3, 0.4) is 0 Å². The van der Waals surface area contributed by atoms with Gasteiger partial charge in [-0.2, -0.15) is 10.2 Å². The summed E-state index contributed by atoms with van der Waals surface area (Å²) in [5.41, 5.74) is 0.264. The molecule has 1 aromatic carbocycles. The molecule has 7 heteroatoms. The van der Waals surface area contributed by atoms with Crippen LogP contribution in [0.5, 0.6) is 5.75 Å². The molecule has 2 heterocycles. The van der Waals surface area contributed by atoms with Crippen molar-refractivity contribution in [3.05, 3.63) is 40.9 Å². The van der Waals surface area contributed by atoms with Gasteiger partial charge < -0.3 is 18.8 Å². The zero-order valence-electron chi connectivity index (χ0n) is 11.8. The normalized spacial score (nSPS) is 14.6. The van der Waals surface area contributed by atoms with E-state index in [1.54, 1.807) is 12.1 Å². The van der Waals surface area contributed by atoms with Gasteiger partial charge in [-0.05, 0) is 12.1 Å². The number of benzene rings is 1. The van der Waals surface area contributed by atoms with E-state index >= 15 is 0 Å². The van der Waals surface area contributed by atoms with Crippen LogP contribution < -0.4 is 9.64 Å². The zero-order valence-corrected chi connectivity index (χ0v) is 12.5. The minimum absolute atomic E-state index is 0.114. The monoisotopic (exact) mass is 319 g/mol. The predicted molar refractivity (Wildman–Crippen MR) is 80.0 cm³/mol. The molecule has 0 N–H and O–H groups in total. The smallest absolute Gasteiger partial charge is 0.236 e. The number of para-hydroxylation sites is 1. The number of oxazole rings is 1. The summed E-state index contributed by atoms with van der Waals surface area (Å²) in [6.45, 7) is 2.68. The third kappa shape index (κ3) is 3.16. The number of halogens is 1. The number of nitriles is 1. The number of hydrogen-bond acceptors (Lipinski definition) is 6. The van der Waals surface area contributed by atoms with E-state index in [0.29, 0.717) is 48.9 Å². The molecule has 0 unspecified atom stereocenters. The van der Waals surface area contributed by atoms with E-state index in [-0.39, 0.29) is 12.3 Å². The Hall–Kier alpha value is -2.23. The summed E-state index contributed by atoms with van der Waals surface area (Å²) in [6.07, 6.45) is 0. The zero-order chi connectivity index (χ0) is 15.4. The van der Waals surface area contributed by atoms with Crippen molar-refractivity contribution in [1.29, 1.82) is 5.26 Å². The van der Waals surface area contributed by atoms with Gasteiger partial charge >= 0.3 is 0 Å². The number of morpholine rings is 1. The van der Waals surface area contributed by atoms with E-state index in [9.17, 15) is 5.26 Å². The van der Waals surface area contributed by atoms with Crippen molar-refractivity contribution in [3.63, 3.8) is 0 Å². The van der Waals surface area contributed by atoms with Gasteiger partial charge in [-0.25, -0.2) is 0 Å². The summed E-state index contributed by atoms with van der Waals surface area (Å²) in [4.78, 5) is 6.12. The average molecular weight is 320 g/mol. The van der Waals surface area contributed by atoms with Crippen LogP contribution in [-0.2, 0) is 11.3 Å². The van der Waals surface area contributed by atoms with Gasteiger partial charge in [0.25, 0.3) is 0 Å². The Bertz CT molecular complexity index is 690. The molecule has 0 radical (unpaired) electrons. The number of rotatable bonds is 4. The molecule has 1 aromatic heterocycles. The Kier molecular flexibility index (Phi) is 4.47. The summed E-state index contributed by atoms with van der Waals surface area (Å²) >= 11 is 6.03. The first kappa shape index (κ1) is 14.7. The largest absolute Gasteiger partial charge is 0.482 e. The second-order valence-electron chi connectivity index (χ2n) is 4.69. The van der Waals surface area contributed by atoms with Crippen molar-refractivity contribution in [2.45, 2.75) is 6.61 Å². The Balaban J connectivity index is 1.73. The van der Waals surface area contributed by atoms with E-state index < -0.39 is 0 Å². The molecule has 3 rings (SSSR count). The molecule has 0 bridgehead atoms. The van der Waals surface area contributed by atoms with Crippen LogP contribution in [0.25, 0.3) is 0 Å². The standard InChI is InChI=1S/C15H14ClN3O3/c16-11-3-1-2-4-13(11)21-10-14-18-12(9-17)15(22-14)19-5-7-20-8-6-19/h1-4H,5-8,10H2. The van der Waals surface area contributed by atoms with Crippen LogP contribution in [0.4, 0.5) is 5.88 Å². The van der Waals surface area contributed by atoms with E-state index in [1.807, 2.05) is 17.0 Å². The van der Waals surface area contributed by atoms with Crippen molar-refractivity contribution in [3.8, 4) is 11.8 Å². The Morgan fingerprint density at radius 1 is 1.32 bits per heavy atom. The molecule has 2 aromatic rings. The predicted octanol–water partition coefficient (Wildman–Crippen LogP) is 2.62. The molecule has 22 heavy (non-hydrogen) atoms. The molecule has 0 aliphatic carbocycles. The lowest BCUT2D eigenvalue weighted by Crippen LogP contribution is -2.36. The van der Waals surface area contributed by atoms with Gasteiger partial charge in [-0.3, -0.25) is 0 Å². The number of anilines is 1. The van der Waals surface area contributed by atoms with Gasteiger partial charge in [0.15, 0.2) is 6.61 Å². The molecule has 114 valence electrons. The first-order valence-corrected chi connectivity index (χ1v) is 7.25. The number of ether oxygens (including phenoxy) is 2. The van der Waals surface area contributed by atoms with Crippen molar-refractivity contribution < 1.29 is 13.9 Å². The van der Waals surface area contributed by atoms with Crippen LogP contribution in [0.1, 0.15) is 11.6 Å². The van der Waals surface area contributed by atoms with E-state index in [2.05, 4.69) is 11.1 Å². The summed E-state index contributed by atoms with van der Waals surface area (Å²) in [5, 5.41) is 9.72. The minimum atomic E-state index is 0.114. The second kappa shape index (κ2) is 6.69. The maximum atomic E-state index is 9.20. The third-order valence-electron chi connectivity index (χ3n) is 3.25. The molecule has 1 aliphatic heterocycles. The Morgan fingerprint density at radius 3 is 2.82 bits per heavy atom. The third-order valence-corrected chi connectivity index (χ3v) is 3.56. The van der Waals surface area contributed by atoms with Crippen LogP contribution in [0, 0.1) is 11.3 Å². The minimum Gasteiger partial charge on any atom is -0.482 e. The van der Waals surface area contributed by atoms with Crippen LogP contribution in [-0.4, -0.2) is 31.3 Å². The quantitative estimate of drug-likeness (QED) is 0.862. The lowest BCUT2D eigenvalue weighted by Gasteiger charge is -2.25. The molecular weight excluding hydrogens is 306 g/mol. The summed E-state index contributed by atoms with van der Waals surface area (Å²) in [5.74, 6) is 1.37. The highest BCUT2D eigenvalue weighted by Crippen LogP contribution is 2.26. The lowest BCUT2D eigenvalue weighted by atomic mass is 10.3. The fourth-order valence-electron chi connectivity index (χ4n) is 2.17. The van der Waals surface area contributed by atoms with Gasteiger partial charge in [-0.1, -0.05) is 23.7 Å². The molecule has 1 aliphatic rings. The Morgan fingerprint density at radius 2 is 2.09 bits per heavy atom. The van der Waals surface area contributed by atoms with Crippen molar-refractivity contribution in [2.75, 3.05) is 31.2 Å². The molecule has 0 saturated carbocycles. The summed E-state index contributed by atoms with van der Waals surface area (Å²) < 4.78 is 16.6. The average Bonchev–Trinajstić information content (AvgIpc) is 2.98.